The first-order valence-corrected chi connectivity index (χ1v) is 6.99. The first kappa shape index (κ1) is 12.9. The molecule has 0 bridgehead atoms. The highest BCUT2D eigenvalue weighted by molar-refractivity contribution is 5.83. The maximum atomic E-state index is 12.4. The van der Waals surface area contributed by atoms with Crippen LogP contribution in [0.3, 0.4) is 0 Å². The van der Waals surface area contributed by atoms with E-state index in [0.717, 1.165) is 25.7 Å². The SMILES string of the molecule is CCC1(C(=O)NC2CC(N)C2(C)C)CCCC1. The third kappa shape index (κ3) is 1.99. The average Bonchev–Trinajstić information content (AvgIpc) is 2.78. The van der Waals surface area contributed by atoms with E-state index in [1.165, 1.54) is 12.8 Å². The number of carbonyl (C=O) groups is 1. The van der Waals surface area contributed by atoms with E-state index in [0.29, 0.717) is 0 Å². The fraction of sp³-hybridized carbons (Fsp3) is 0.929. The summed E-state index contributed by atoms with van der Waals surface area (Å²) >= 11 is 0. The van der Waals surface area contributed by atoms with Crippen molar-refractivity contribution in [2.45, 2.75) is 71.4 Å². The van der Waals surface area contributed by atoms with Crippen molar-refractivity contribution in [3.05, 3.63) is 0 Å². The fourth-order valence-electron chi connectivity index (χ4n) is 3.31. The van der Waals surface area contributed by atoms with Crippen molar-refractivity contribution < 1.29 is 4.79 Å². The minimum atomic E-state index is -0.0736. The molecule has 1 amide bonds. The van der Waals surface area contributed by atoms with Crippen LogP contribution in [0.25, 0.3) is 0 Å². The molecule has 2 aliphatic carbocycles. The molecule has 2 aliphatic rings. The van der Waals surface area contributed by atoms with Gasteiger partial charge in [-0.05, 0) is 25.7 Å². The van der Waals surface area contributed by atoms with Crippen molar-refractivity contribution in [1.29, 1.82) is 0 Å². The summed E-state index contributed by atoms with van der Waals surface area (Å²) in [4.78, 5) is 12.4. The molecule has 0 heterocycles. The molecule has 2 rings (SSSR count). The molecule has 2 atom stereocenters. The minimum Gasteiger partial charge on any atom is -0.352 e. The quantitative estimate of drug-likeness (QED) is 0.792. The summed E-state index contributed by atoms with van der Waals surface area (Å²) in [6.07, 6.45) is 6.43. The Bertz CT molecular complexity index is 305. The molecule has 0 radical (unpaired) electrons. The molecule has 0 aromatic carbocycles. The van der Waals surface area contributed by atoms with Crippen LogP contribution in [0.4, 0.5) is 0 Å². The van der Waals surface area contributed by atoms with Gasteiger partial charge in [0.1, 0.15) is 0 Å². The molecule has 0 aromatic rings. The van der Waals surface area contributed by atoms with Gasteiger partial charge in [0.15, 0.2) is 0 Å². The highest BCUT2D eigenvalue weighted by Crippen LogP contribution is 2.43. The van der Waals surface area contributed by atoms with Crippen molar-refractivity contribution in [2.75, 3.05) is 0 Å². The van der Waals surface area contributed by atoms with Gasteiger partial charge in [-0.25, -0.2) is 0 Å². The van der Waals surface area contributed by atoms with Crippen LogP contribution in [0.1, 0.15) is 59.3 Å². The zero-order chi connectivity index (χ0) is 12.7. The number of nitrogens with one attached hydrogen (secondary N) is 1. The third-order valence-corrected chi connectivity index (χ3v) is 5.37. The summed E-state index contributed by atoms with van der Waals surface area (Å²) in [5.74, 6) is 0.280. The Kier molecular flexibility index (Phi) is 3.23. The maximum absolute atomic E-state index is 12.4. The molecule has 0 aliphatic heterocycles. The average molecular weight is 238 g/mol. The number of carbonyl (C=O) groups excluding carboxylic acids is 1. The summed E-state index contributed by atoms with van der Waals surface area (Å²) in [6.45, 7) is 6.45. The summed E-state index contributed by atoms with van der Waals surface area (Å²) in [5.41, 5.74) is 5.98. The lowest BCUT2D eigenvalue weighted by molar-refractivity contribution is -0.134. The van der Waals surface area contributed by atoms with E-state index >= 15 is 0 Å². The van der Waals surface area contributed by atoms with Crippen LogP contribution >= 0.6 is 0 Å². The van der Waals surface area contributed by atoms with Gasteiger partial charge in [0, 0.05) is 22.9 Å². The van der Waals surface area contributed by atoms with Crippen LogP contribution in [0, 0.1) is 10.8 Å². The van der Waals surface area contributed by atoms with E-state index in [1.54, 1.807) is 0 Å². The van der Waals surface area contributed by atoms with Gasteiger partial charge in [-0.15, -0.1) is 0 Å². The zero-order valence-corrected chi connectivity index (χ0v) is 11.4. The molecule has 3 N–H and O–H groups in total. The predicted molar refractivity (Wildman–Crippen MR) is 69.5 cm³/mol. The van der Waals surface area contributed by atoms with Crippen molar-refractivity contribution >= 4 is 5.91 Å². The molecular formula is C14H26N2O. The lowest BCUT2D eigenvalue weighted by Gasteiger charge is -2.51. The van der Waals surface area contributed by atoms with Crippen LogP contribution in [0.5, 0.6) is 0 Å². The topological polar surface area (TPSA) is 55.1 Å². The van der Waals surface area contributed by atoms with Gasteiger partial charge in [0.25, 0.3) is 0 Å². The molecule has 3 nitrogen and oxygen atoms in total. The van der Waals surface area contributed by atoms with E-state index < -0.39 is 0 Å². The Morgan fingerprint density at radius 2 is 1.94 bits per heavy atom. The second-order valence-electron chi connectivity index (χ2n) is 6.53. The molecule has 17 heavy (non-hydrogen) atoms. The van der Waals surface area contributed by atoms with Crippen LogP contribution in [0.2, 0.25) is 0 Å². The van der Waals surface area contributed by atoms with Crippen molar-refractivity contribution in [2.24, 2.45) is 16.6 Å². The standard InChI is InChI=1S/C14H26N2O/c1-4-14(7-5-6-8-14)12(17)16-11-9-10(15)13(11,2)3/h10-11H,4-9,15H2,1-3H3,(H,16,17). The Morgan fingerprint density at radius 1 is 1.35 bits per heavy atom. The highest BCUT2D eigenvalue weighted by Gasteiger charge is 2.49. The Morgan fingerprint density at radius 3 is 2.35 bits per heavy atom. The van der Waals surface area contributed by atoms with E-state index in [-0.39, 0.29) is 28.8 Å². The van der Waals surface area contributed by atoms with E-state index in [2.05, 4.69) is 26.1 Å². The van der Waals surface area contributed by atoms with Gasteiger partial charge >= 0.3 is 0 Å². The van der Waals surface area contributed by atoms with Gasteiger partial charge in [0.05, 0.1) is 0 Å². The maximum Gasteiger partial charge on any atom is 0.226 e. The molecule has 0 aromatic heterocycles. The number of nitrogens with two attached hydrogens (primary N) is 1. The fourth-order valence-corrected chi connectivity index (χ4v) is 3.31. The molecule has 0 saturated heterocycles. The van der Waals surface area contributed by atoms with E-state index in [9.17, 15) is 4.79 Å². The molecule has 0 spiro atoms. The van der Waals surface area contributed by atoms with Gasteiger partial charge in [0.2, 0.25) is 5.91 Å². The van der Waals surface area contributed by atoms with Crippen molar-refractivity contribution in [3.63, 3.8) is 0 Å². The van der Waals surface area contributed by atoms with Crippen molar-refractivity contribution in [1.82, 2.24) is 5.32 Å². The van der Waals surface area contributed by atoms with E-state index in [4.69, 9.17) is 5.73 Å². The normalized spacial score (nSPS) is 34.1. The molecule has 3 heteroatoms. The summed E-state index contributed by atoms with van der Waals surface area (Å²) in [5, 5.41) is 3.25. The Hall–Kier alpha value is -0.570. The number of amides is 1. The molecule has 2 saturated carbocycles. The Balaban J connectivity index is 1.98. The summed E-state index contributed by atoms with van der Waals surface area (Å²) < 4.78 is 0. The smallest absolute Gasteiger partial charge is 0.226 e. The molecule has 2 fully saturated rings. The number of hydrogen-bond acceptors (Lipinski definition) is 2. The Labute approximate surface area is 105 Å². The second kappa shape index (κ2) is 4.27. The first-order valence-electron chi connectivity index (χ1n) is 6.99. The van der Waals surface area contributed by atoms with Gasteiger partial charge in [-0.3, -0.25) is 4.79 Å². The molecule has 2 unspecified atom stereocenters. The lowest BCUT2D eigenvalue weighted by atomic mass is 9.63. The predicted octanol–water partition coefficient (Wildman–Crippen LogP) is 2.20. The largest absolute Gasteiger partial charge is 0.352 e. The van der Waals surface area contributed by atoms with Crippen LogP contribution in [-0.2, 0) is 4.79 Å². The van der Waals surface area contributed by atoms with Crippen LogP contribution in [0.15, 0.2) is 0 Å². The van der Waals surface area contributed by atoms with Gasteiger partial charge < -0.3 is 11.1 Å². The van der Waals surface area contributed by atoms with E-state index in [1.807, 2.05) is 0 Å². The number of rotatable bonds is 3. The lowest BCUT2D eigenvalue weighted by Crippen LogP contribution is -2.65. The van der Waals surface area contributed by atoms with Crippen LogP contribution in [-0.4, -0.2) is 18.0 Å². The molecular weight excluding hydrogens is 212 g/mol. The van der Waals surface area contributed by atoms with Gasteiger partial charge in [-0.2, -0.15) is 0 Å². The van der Waals surface area contributed by atoms with Gasteiger partial charge in [-0.1, -0.05) is 33.6 Å². The first-order chi connectivity index (χ1) is 7.92. The van der Waals surface area contributed by atoms with Crippen molar-refractivity contribution in [3.8, 4) is 0 Å². The third-order valence-electron chi connectivity index (χ3n) is 5.37. The second-order valence-corrected chi connectivity index (χ2v) is 6.53. The summed E-state index contributed by atoms with van der Waals surface area (Å²) in [7, 11) is 0. The highest BCUT2D eigenvalue weighted by atomic mass is 16.2. The van der Waals surface area contributed by atoms with Crippen LogP contribution < -0.4 is 11.1 Å². The molecule has 98 valence electrons. The monoisotopic (exact) mass is 238 g/mol. The minimum absolute atomic E-state index is 0.0587. The zero-order valence-electron chi connectivity index (χ0n) is 11.4. The number of hydrogen-bond donors (Lipinski definition) is 2. The summed E-state index contributed by atoms with van der Waals surface area (Å²) in [6, 6.07) is 0.503.